The molecule has 6 heteroatoms. The van der Waals surface area contributed by atoms with E-state index in [0.717, 1.165) is 0 Å². The zero-order valence-electron chi connectivity index (χ0n) is 7.76. The van der Waals surface area contributed by atoms with Gasteiger partial charge in [0.1, 0.15) is 6.10 Å². The van der Waals surface area contributed by atoms with Crippen LogP contribution in [0.25, 0.3) is 10.4 Å². The van der Waals surface area contributed by atoms with Crippen molar-refractivity contribution in [2.24, 2.45) is 5.11 Å². The normalized spacial score (nSPS) is 15.3. The average Bonchev–Trinajstić information content (AvgIpc) is 2.15. The fraction of sp³-hybridized carbons (Fsp3) is 0.333. The second kappa shape index (κ2) is 4.16. The fourth-order valence-corrected chi connectivity index (χ4v) is 1.19. The number of ether oxygens (including phenoxy) is 2. The van der Waals surface area contributed by atoms with E-state index in [9.17, 15) is 4.39 Å². The number of hydrogen-bond donors (Lipinski definition) is 0. The van der Waals surface area contributed by atoms with Crippen molar-refractivity contribution in [3.8, 4) is 5.75 Å². The van der Waals surface area contributed by atoms with Crippen LogP contribution in [0.3, 0.4) is 0 Å². The third-order valence-corrected chi connectivity index (χ3v) is 1.99. The maximum Gasteiger partial charge on any atom is 0.165 e. The number of rotatable bonds is 3. The lowest BCUT2D eigenvalue weighted by Crippen LogP contribution is -2.38. The molecule has 1 heterocycles. The molecule has 1 aliphatic rings. The highest BCUT2D eigenvalue weighted by molar-refractivity contribution is 5.52. The highest BCUT2D eigenvalue weighted by Crippen LogP contribution is 2.32. The molecular formula is C9H8FN3O2. The Morgan fingerprint density at radius 1 is 1.53 bits per heavy atom. The molecule has 1 saturated heterocycles. The summed E-state index contributed by atoms with van der Waals surface area (Å²) in [5.74, 6) is -0.546. The van der Waals surface area contributed by atoms with Gasteiger partial charge < -0.3 is 9.47 Å². The first-order chi connectivity index (χ1) is 7.31. The molecule has 1 aromatic rings. The largest absolute Gasteiger partial charge is 0.482 e. The van der Waals surface area contributed by atoms with E-state index < -0.39 is 5.82 Å². The number of halogens is 1. The molecule has 0 aliphatic carbocycles. The molecule has 78 valence electrons. The van der Waals surface area contributed by atoms with Crippen molar-refractivity contribution in [2.75, 3.05) is 13.2 Å². The zero-order chi connectivity index (χ0) is 10.7. The Kier molecular flexibility index (Phi) is 2.71. The molecule has 0 spiro atoms. The van der Waals surface area contributed by atoms with Crippen LogP contribution < -0.4 is 4.74 Å². The quantitative estimate of drug-likeness (QED) is 0.436. The van der Waals surface area contributed by atoms with E-state index in [-0.39, 0.29) is 17.5 Å². The third-order valence-electron chi connectivity index (χ3n) is 1.99. The van der Waals surface area contributed by atoms with Gasteiger partial charge in [0, 0.05) is 4.91 Å². The molecule has 2 rings (SSSR count). The lowest BCUT2D eigenvalue weighted by molar-refractivity contribution is -0.0806. The van der Waals surface area contributed by atoms with E-state index in [1.807, 2.05) is 0 Å². The predicted octanol–water partition coefficient (Wildman–Crippen LogP) is 2.55. The third kappa shape index (κ3) is 2.01. The first-order valence-electron chi connectivity index (χ1n) is 4.39. The van der Waals surface area contributed by atoms with E-state index in [2.05, 4.69) is 10.0 Å². The van der Waals surface area contributed by atoms with E-state index in [0.29, 0.717) is 13.2 Å². The minimum Gasteiger partial charge on any atom is -0.482 e. The van der Waals surface area contributed by atoms with Gasteiger partial charge in [0.05, 0.1) is 18.9 Å². The number of azide groups is 1. The van der Waals surface area contributed by atoms with E-state index in [1.165, 1.54) is 18.2 Å². The second-order valence-corrected chi connectivity index (χ2v) is 3.05. The Morgan fingerprint density at radius 2 is 2.33 bits per heavy atom. The molecule has 0 bridgehead atoms. The van der Waals surface area contributed by atoms with Crippen LogP contribution in [0.15, 0.2) is 23.3 Å². The standard InChI is InChI=1S/C9H8FN3O2/c10-7-2-1-3-8(12-13-11)9(7)15-6-4-14-5-6/h1-3,6H,4-5H2. The van der Waals surface area contributed by atoms with Crippen LogP contribution >= 0.6 is 0 Å². The number of hydrogen-bond acceptors (Lipinski definition) is 3. The van der Waals surface area contributed by atoms with Gasteiger partial charge in [-0.3, -0.25) is 0 Å². The van der Waals surface area contributed by atoms with Crippen molar-refractivity contribution in [3.05, 3.63) is 34.5 Å². The molecule has 1 fully saturated rings. The summed E-state index contributed by atoms with van der Waals surface area (Å²) in [7, 11) is 0. The Labute approximate surface area is 85.0 Å². The Morgan fingerprint density at radius 3 is 2.93 bits per heavy atom. The number of para-hydroxylation sites is 1. The van der Waals surface area contributed by atoms with Crippen molar-refractivity contribution in [1.29, 1.82) is 0 Å². The molecule has 0 amide bonds. The molecule has 0 radical (unpaired) electrons. The van der Waals surface area contributed by atoms with Crippen LogP contribution in [-0.2, 0) is 4.74 Å². The first kappa shape index (κ1) is 9.76. The van der Waals surface area contributed by atoms with Crippen LogP contribution in [0.5, 0.6) is 5.75 Å². The fourth-order valence-electron chi connectivity index (χ4n) is 1.19. The monoisotopic (exact) mass is 209 g/mol. The van der Waals surface area contributed by atoms with Crippen molar-refractivity contribution in [3.63, 3.8) is 0 Å². The Balaban J connectivity index is 2.28. The second-order valence-electron chi connectivity index (χ2n) is 3.05. The molecular weight excluding hydrogens is 201 g/mol. The van der Waals surface area contributed by atoms with Crippen molar-refractivity contribution in [2.45, 2.75) is 6.10 Å². The molecule has 5 nitrogen and oxygen atoms in total. The molecule has 1 aromatic carbocycles. The minimum absolute atomic E-state index is 0.0106. The van der Waals surface area contributed by atoms with Gasteiger partial charge in [-0.2, -0.15) is 0 Å². The Bertz CT molecular complexity index is 414. The summed E-state index contributed by atoms with van der Waals surface area (Å²) >= 11 is 0. The highest BCUT2D eigenvalue weighted by atomic mass is 19.1. The van der Waals surface area contributed by atoms with Gasteiger partial charge in [0.2, 0.25) is 0 Å². The summed E-state index contributed by atoms with van der Waals surface area (Å²) < 4.78 is 23.5. The lowest BCUT2D eigenvalue weighted by atomic mass is 10.2. The van der Waals surface area contributed by atoms with Gasteiger partial charge in [0.15, 0.2) is 11.6 Å². The molecule has 0 unspecified atom stereocenters. The number of nitrogens with zero attached hydrogens (tertiary/aromatic N) is 3. The van der Waals surface area contributed by atoms with Gasteiger partial charge >= 0.3 is 0 Å². The lowest BCUT2D eigenvalue weighted by Gasteiger charge is -2.27. The highest BCUT2D eigenvalue weighted by Gasteiger charge is 2.22. The van der Waals surface area contributed by atoms with Crippen molar-refractivity contribution >= 4 is 5.69 Å². The number of benzene rings is 1. The summed E-state index contributed by atoms with van der Waals surface area (Å²) in [4.78, 5) is 2.61. The van der Waals surface area contributed by atoms with Crippen LogP contribution in [0.2, 0.25) is 0 Å². The van der Waals surface area contributed by atoms with E-state index in [4.69, 9.17) is 15.0 Å². The summed E-state index contributed by atoms with van der Waals surface area (Å²) in [5, 5.41) is 3.35. The summed E-state index contributed by atoms with van der Waals surface area (Å²) in [5.41, 5.74) is 8.45. The molecule has 0 saturated carbocycles. The smallest absolute Gasteiger partial charge is 0.165 e. The minimum atomic E-state index is -0.535. The molecule has 0 atom stereocenters. The zero-order valence-corrected chi connectivity index (χ0v) is 7.76. The topological polar surface area (TPSA) is 67.2 Å². The predicted molar refractivity (Wildman–Crippen MR) is 50.4 cm³/mol. The van der Waals surface area contributed by atoms with Crippen molar-refractivity contribution < 1.29 is 13.9 Å². The van der Waals surface area contributed by atoms with Gasteiger partial charge in [-0.1, -0.05) is 11.2 Å². The first-order valence-corrected chi connectivity index (χ1v) is 4.39. The van der Waals surface area contributed by atoms with Gasteiger partial charge in [-0.15, -0.1) is 0 Å². The maximum atomic E-state index is 13.3. The van der Waals surface area contributed by atoms with Crippen LogP contribution in [0.1, 0.15) is 0 Å². The summed E-state index contributed by atoms with van der Waals surface area (Å²) in [6.45, 7) is 0.869. The van der Waals surface area contributed by atoms with Gasteiger partial charge in [-0.25, -0.2) is 4.39 Å². The molecule has 0 N–H and O–H groups in total. The van der Waals surface area contributed by atoms with Crippen LogP contribution in [0, 0.1) is 5.82 Å². The SMILES string of the molecule is [N-]=[N+]=Nc1cccc(F)c1OC1COC1. The average molecular weight is 209 g/mol. The summed E-state index contributed by atoms with van der Waals surface area (Å²) in [6, 6.07) is 4.21. The van der Waals surface area contributed by atoms with Crippen molar-refractivity contribution in [1.82, 2.24) is 0 Å². The Hall–Kier alpha value is -1.78. The molecule has 0 aromatic heterocycles. The van der Waals surface area contributed by atoms with Gasteiger partial charge in [0.25, 0.3) is 0 Å². The molecule has 15 heavy (non-hydrogen) atoms. The molecule has 1 aliphatic heterocycles. The maximum absolute atomic E-state index is 13.3. The van der Waals surface area contributed by atoms with E-state index in [1.54, 1.807) is 0 Å². The van der Waals surface area contributed by atoms with Crippen LogP contribution in [0.4, 0.5) is 10.1 Å². The van der Waals surface area contributed by atoms with Crippen LogP contribution in [-0.4, -0.2) is 19.3 Å². The van der Waals surface area contributed by atoms with E-state index >= 15 is 0 Å². The van der Waals surface area contributed by atoms with Gasteiger partial charge in [-0.05, 0) is 17.7 Å². The summed E-state index contributed by atoms with van der Waals surface area (Å²) in [6.07, 6.45) is -0.158.